The van der Waals surface area contributed by atoms with E-state index in [4.69, 9.17) is 10.6 Å². The van der Waals surface area contributed by atoms with Crippen molar-refractivity contribution >= 4 is 5.91 Å². The number of nitrogens with zero attached hydrogens (tertiary/aromatic N) is 1. The fourth-order valence-electron chi connectivity index (χ4n) is 0.909. The molecule has 4 nitrogen and oxygen atoms in total. The summed E-state index contributed by atoms with van der Waals surface area (Å²) in [6.45, 7) is 2.99. The first-order valence-corrected chi connectivity index (χ1v) is 3.45. The molecule has 1 saturated heterocycles. The molecule has 58 valence electrons. The third kappa shape index (κ3) is 1.27. The van der Waals surface area contributed by atoms with Crippen molar-refractivity contribution in [1.29, 1.82) is 0 Å². The largest absolute Gasteiger partial charge is 0.320 e. The van der Waals surface area contributed by atoms with Gasteiger partial charge in [0.15, 0.2) is 0 Å². The molecule has 4 heteroatoms. The smallest absolute Gasteiger partial charge is 0.263 e. The van der Waals surface area contributed by atoms with Gasteiger partial charge in [-0.1, -0.05) is 0 Å². The average Bonchev–Trinajstić information content (AvgIpc) is 1.95. The summed E-state index contributed by atoms with van der Waals surface area (Å²) in [5, 5.41) is 1.31. The molecule has 1 amide bonds. The fraction of sp³-hybridized carbons (Fsp3) is 0.833. The van der Waals surface area contributed by atoms with E-state index in [0.717, 1.165) is 0 Å². The number of hydroxylamine groups is 2. The van der Waals surface area contributed by atoms with Crippen molar-refractivity contribution in [3.63, 3.8) is 0 Å². The Hall–Kier alpha value is -0.610. The van der Waals surface area contributed by atoms with Gasteiger partial charge in [0.05, 0.1) is 12.6 Å². The maximum Gasteiger partial charge on any atom is 0.263 e. The lowest BCUT2D eigenvalue weighted by atomic mass is 10.2. The van der Waals surface area contributed by atoms with Gasteiger partial charge in [0, 0.05) is 6.54 Å². The van der Waals surface area contributed by atoms with Crippen LogP contribution in [0.1, 0.15) is 13.3 Å². The van der Waals surface area contributed by atoms with Gasteiger partial charge < -0.3 is 5.73 Å². The molecule has 1 rings (SSSR count). The lowest BCUT2D eigenvalue weighted by Crippen LogP contribution is -2.48. The highest BCUT2D eigenvalue weighted by molar-refractivity contribution is 5.81. The van der Waals surface area contributed by atoms with Crippen LogP contribution in [-0.2, 0) is 9.63 Å². The third-order valence-corrected chi connectivity index (χ3v) is 1.53. The van der Waals surface area contributed by atoms with Crippen molar-refractivity contribution in [2.75, 3.05) is 13.2 Å². The molecule has 1 aliphatic heterocycles. The van der Waals surface area contributed by atoms with Gasteiger partial charge in [-0.25, -0.2) is 5.06 Å². The molecule has 0 aromatic carbocycles. The highest BCUT2D eigenvalue weighted by Gasteiger charge is 2.24. The number of carbonyl (C=O) groups is 1. The van der Waals surface area contributed by atoms with Gasteiger partial charge in [0.2, 0.25) is 0 Å². The molecule has 1 heterocycles. The van der Waals surface area contributed by atoms with Gasteiger partial charge in [0.1, 0.15) is 0 Å². The van der Waals surface area contributed by atoms with Crippen LogP contribution in [0.25, 0.3) is 0 Å². The minimum Gasteiger partial charge on any atom is -0.320 e. The molecule has 0 aliphatic carbocycles. The average molecular weight is 144 g/mol. The van der Waals surface area contributed by atoms with Crippen LogP contribution in [0.15, 0.2) is 0 Å². The van der Waals surface area contributed by atoms with Crippen molar-refractivity contribution in [3.05, 3.63) is 0 Å². The molecule has 2 N–H and O–H groups in total. The normalized spacial score (nSPS) is 27.2. The Kier molecular flexibility index (Phi) is 2.24. The van der Waals surface area contributed by atoms with Gasteiger partial charge in [-0.15, -0.1) is 0 Å². The molecular weight excluding hydrogens is 132 g/mol. The van der Waals surface area contributed by atoms with E-state index in [1.807, 2.05) is 6.92 Å². The van der Waals surface area contributed by atoms with Crippen molar-refractivity contribution in [1.82, 2.24) is 5.06 Å². The van der Waals surface area contributed by atoms with Crippen LogP contribution >= 0.6 is 0 Å². The quantitative estimate of drug-likeness (QED) is 0.539. The van der Waals surface area contributed by atoms with E-state index in [9.17, 15) is 4.79 Å². The van der Waals surface area contributed by atoms with E-state index in [2.05, 4.69) is 0 Å². The molecular formula is C6H12N2O2. The second-order valence-electron chi connectivity index (χ2n) is 2.26. The van der Waals surface area contributed by atoms with E-state index < -0.39 is 0 Å². The Balaban J connectivity index is 2.51. The monoisotopic (exact) mass is 144 g/mol. The number of hydrogen-bond acceptors (Lipinski definition) is 3. The summed E-state index contributed by atoms with van der Waals surface area (Å²) < 4.78 is 0. The number of nitrogens with two attached hydrogens (primary N) is 1. The van der Waals surface area contributed by atoms with Gasteiger partial charge >= 0.3 is 0 Å². The molecule has 0 saturated carbocycles. The van der Waals surface area contributed by atoms with Crippen LogP contribution in [0.4, 0.5) is 0 Å². The number of rotatable bonds is 1. The van der Waals surface area contributed by atoms with Crippen LogP contribution in [0, 0.1) is 0 Å². The SMILES string of the molecule is CCN1OCC[C@@H](N)C1=O. The van der Waals surface area contributed by atoms with Crippen LogP contribution in [0.3, 0.4) is 0 Å². The molecule has 0 bridgehead atoms. The Morgan fingerprint density at radius 2 is 2.60 bits per heavy atom. The molecule has 0 aromatic rings. The van der Waals surface area contributed by atoms with Crippen molar-refractivity contribution in [2.45, 2.75) is 19.4 Å². The van der Waals surface area contributed by atoms with Crippen LogP contribution in [0.2, 0.25) is 0 Å². The highest BCUT2D eigenvalue weighted by Crippen LogP contribution is 2.05. The van der Waals surface area contributed by atoms with Crippen molar-refractivity contribution < 1.29 is 9.63 Å². The molecule has 1 aliphatic rings. The van der Waals surface area contributed by atoms with Crippen LogP contribution < -0.4 is 5.73 Å². The maximum absolute atomic E-state index is 11.0. The number of hydrogen-bond donors (Lipinski definition) is 1. The zero-order valence-electron chi connectivity index (χ0n) is 6.04. The van der Waals surface area contributed by atoms with Crippen LogP contribution in [0.5, 0.6) is 0 Å². The molecule has 1 fully saturated rings. The minimum absolute atomic E-state index is 0.103. The molecule has 0 radical (unpaired) electrons. The van der Waals surface area contributed by atoms with Crippen molar-refractivity contribution in [3.8, 4) is 0 Å². The molecule has 0 unspecified atom stereocenters. The number of likely N-dealkylation sites (N-methyl/N-ethyl adjacent to an activating group) is 1. The zero-order valence-corrected chi connectivity index (χ0v) is 6.04. The first-order valence-electron chi connectivity index (χ1n) is 3.45. The number of amides is 1. The number of carbonyl (C=O) groups excluding carboxylic acids is 1. The summed E-state index contributed by atoms with van der Waals surface area (Å²) in [6, 6.07) is -0.353. The van der Waals surface area contributed by atoms with Crippen LogP contribution in [-0.4, -0.2) is 30.2 Å². The Bertz CT molecular complexity index is 138. The second kappa shape index (κ2) is 2.98. The minimum atomic E-state index is -0.353. The van der Waals surface area contributed by atoms with Gasteiger partial charge in [-0.3, -0.25) is 9.63 Å². The standard InChI is InChI=1S/C6H12N2O2/c1-2-8-6(9)5(7)3-4-10-8/h5H,2-4,7H2,1H3/t5-/m1/s1. The third-order valence-electron chi connectivity index (χ3n) is 1.53. The molecule has 10 heavy (non-hydrogen) atoms. The highest BCUT2D eigenvalue weighted by atomic mass is 16.7. The summed E-state index contributed by atoms with van der Waals surface area (Å²) in [6.07, 6.45) is 0.634. The van der Waals surface area contributed by atoms with Gasteiger partial charge in [-0.05, 0) is 13.3 Å². The summed E-state index contributed by atoms with van der Waals surface area (Å²) in [5.74, 6) is -0.103. The topological polar surface area (TPSA) is 55.6 Å². The van der Waals surface area contributed by atoms with E-state index in [0.29, 0.717) is 19.6 Å². The predicted octanol–water partition coefficient (Wildman–Crippen LogP) is -0.503. The summed E-state index contributed by atoms with van der Waals surface area (Å²) in [7, 11) is 0. The summed E-state index contributed by atoms with van der Waals surface area (Å²) in [5.41, 5.74) is 5.47. The van der Waals surface area contributed by atoms with Gasteiger partial charge in [0.25, 0.3) is 5.91 Å². The van der Waals surface area contributed by atoms with Crippen molar-refractivity contribution in [2.24, 2.45) is 5.73 Å². The predicted molar refractivity (Wildman–Crippen MR) is 35.9 cm³/mol. The van der Waals surface area contributed by atoms with Gasteiger partial charge in [-0.2, -0.15) is 0 Å². The Morgan fingerprint density at radius 1 is 1.90 bits per heavy atom. The van der Waals surface area contributed by atoms with E-state index in [-0.39, 0.29) is 11.9 Å². The Morgan fingerprint density at radius 3 is 3.10 bits per heavy atom. The lowest BCUT2D eigenvalue weighted by Gasteiger charge is -2.28. The second-order valence-corrected chi connectivity index (χ2v) is 2.26. The zero-order chi connectivity index (χ0) is 7.56. The first kappa shape index (κ1) is 7.50. The van der Waals surface area contributed by atoms with E-state index >= 15 is 0 Å². The summed E-state index contributed by atoms with van der Waals surface area (Å²) >= 11 is 0. The molecule has 0 aromatic heterocycles. The fourth-order valence-corrected chi connectivity index (χ4v) is 0.909. The van der Waals surface area contributed by atoms with E-state index in [1.165, 1.54) is 5.06 Å². The lowest BCUT2D eigenvalue weighted by molar-refractivity contribution is -0.199. The maximum atomic E-state index is 11.0. The van der Waals surface area contributed by atoms with E-state index in [1.54, 1.807) is 0 Å². The molecule has 0 spiro atoms. The summed E-state index contributed by atoms with van der Waals surface area (Å²) in [4.78, 5) is 16.0. The first-order chi connectivity index (χ1) is 4.75. The Labute approximate surface area is 59.9 Å². The molecule has 1 atom stereocenters.